The second kappa shape index (κ2) is 12.1. The van der Waals surface area contributed by atoms with E-state index in [0.29, 0.717) is 11.1 Å². The van der Waals surface area contributed by atoms with Crippen LogP contribution in [0.1, 0.15) is 37.4 Å². The van der Waals surface area contributed by atoms with Gasteiger partial charge in [-0.3, -0.25) is 9.59 Å². The van der Waals surface area contributed by atoms with E-state index in [1.807, 2.05) is 37.3 Å². The van der Waals surface area contributed by atoms with Gasteiger partial charge in [-0.2, -0.15) is 0 Å². The molecule has 8 aromatic carbocycles. The van der Waals surface area contributed by atoms with E-state index in [1.165, 1.54) is 21.5 Å². The average Bonchev–Trinajstić information content (AvgIpc) is 3.38. The zero-order valence-electron chi connectivity index (χ0n) is 28.4. The van der Waals surface area contributed by atoms with E-state index in [0.717, 1.165) is 55.7 Å². The van der Waals surface area contributed by atoms with Crippen LogP contribution in [0.2, 0.25) is 0 Å². The summed E-state index contributed by atoms with van der Waals surface area (Å²) in [4.78, 5) is 29.1. The molecule has 0 N–H and O–H groups in total. The first-order chi connectivity index (χ1) is 24.9. The predicted octanol–water partition coefficient (Wildman–Crippen LogP) is 12.4. The summed E-state index contributed by atoms with van der Waals surface area (Å²) in [5.41, 5.74) is 9.39. The number of carbonyl (C=O) groups is 2. The van der Waals surface area contributed by atoms with E-state index in [2.05, 4.69) is 133 Å². The smallest absolute Gasteiger partial charge is 0.197 e. The molecule has 3 nitrogen and oxygen atoms in total. The first kappa shape index (κ1) is 30.5. The second-order valence-corrected chi connectivity index (χ2v) is 13.4. The molecule has 8 aromatic rings. The molecule has 0 amide bonds. The number of allylic oxidation sites excluding steroid dienone is 1. The van der Waals surface area contributed by atoms with Crippen LogP contribution in [-0.4, -0.2) is 11.6 Å². The molecule has 0 saturated carbocycles. The predicted molar refractivity (Wildman–Crippen MR) is 212 cm³/mol. The Morgan fingerprint density at radius 3 is 1.61 bits per heavy atom. The minimum atomic E-state index is -0.213. The van der Waals surface area contributed by atoms with Crippen LogP contribution in [0, 0.1) is 13.8 Å². The van der Waals surface area contributed by atoms with Gasteiger partial charge in [0.05, 0.1) is 5.57 Å². The zero-order valence-corrected chi connectivity index (χ0v) is 28.4. The molecule has 0 unspecified atom stereocenters. The van der Waals surface area contributed by atoms with Crippen LogP contribution in [0.4, 0.5) is 17.1 Å². The molecule has 9 rings (SSSR count). The van der Waals surface area contributed by atoms with Gasteiger partial charge in [-0.1, -0.05) is 115 Å². The minimum absolute atomic E-state index is 0.210. The third kappa shape index (κ3) is 5.31. The second-order valence-electron chi connectivity index (χ2n) is 13.4. The SMILES string of the molecule is Cc1ccc2c(c1)C(=O)C(=Cc1ccccc1-c1cc3ccc(N(c4ccc5ccccc5c4)c4ccc5ccccc5c4)cc3cc1C)C2=O. The molecule has 0 atom stereocenters. The molecule has 0 bridgehead atoms. The number of hydrogen-bond donors (Lipinski definition) is 0. The average molecular weight is 656 g/mol. The molecule has 3 heteroatoms. The Hall–Kier alpha value is -6.58. The van der Waals surface area contributed by atoms with E-state index in [4.69, 9.17) is 0 Å². The summed E-state index contributed by atoms with van der Waals surface area (Å²) < 4.78 is 0. The standard InChI is InChI=1S/C48H33NO2/c1-30-15-22-43-45(23-30)48(51)46(47(43)50)29-37-13-7-8-14-42(37)44-28-36-18-21-41(27-38(36)24-31(44)2)49(39-19-16-32-9-3-5-11-34(32)25-39)40-20-17-33-10-4-6-12-35(33)26-40/h3-29H,1-2H3. The molecule has 242 valence electrons. The lowest BCUT2D eigenvalue weighted by molar-refractivity contribution is 0.0990. The maximum absolute atomic E-state index is 13.4. The van der Waals surface area contributed by atoms with Crippen molar-refractivity contribution >= 4 is 67.0 Å². The van der Waals surface area contributed by atoms with Gasteiger partial charge in [0, 0.05) is 28.2 Å². The van der Waals surface area contributed by atoms with Gasteiger partial charge in [-0.05, 0) is 123 Å². The van der Waals surface area contributed by atoms with Crippen LogP contribution in [0.5, 0.6) is 0 Å². The van der Waals surface area contributed by atoms with Crippen molar-refractivity contribution in [3.8, 4) is 11.1 Å². The minimum Gasteiger partial charge on any atom is -0.310 e. The maximum Gasteiger partial charge on any atom is 0.197 e. The molecule has 0 fully saturated rings. The lowest BCUT2D eigenvalue weighted by atomic mass is 9.92. The Balaban J connectivity index is 1.14. The molecular formula is C48H33NO2. The van der Waals surface area contributed by atoms with E-state index >= 15 is 0 Å². The number of nitrogens with zero attached hydrogens (tertiary/aromatic N) is 1. The van der Waals surface area contributed by atoms with Crippen molar-refractivity contribution in [1.82, 2.24) is 0 Å². The Morgan fingerprint density at radius 2 is 0.941 bits per heavy atom. The van der Waals surface area contributed by atoms with E-state index in [1.54, 1.807) is 12.1 Å². The number of anilines is 3. The number of Topliss-reactive ketones (excluding diaryl/α,β-unsaturated/α-hetero) is 2. The number of hydrogen-bond acceptors (Lipinski definition) is 3. The third-order valence-electron chi connectivity index (χ3n) is 10.1. The van der Waals surface area contributed by atoms with Crippen molar-refractivity contribution in [2.75, 3.05) is 4.90 Å². The number of benzene rings is 8. The zero-order chi connectivity index (χ0) is 34.6. The fourth-order valence-electron chi connectivity index (χ4n) is 7.50. The fourth-order valence-corrected chi connectivity index (χ4v) is 7.50. The maximum atomic E-state index is 13.4. The van der Waals surface area contributed by atoms with Crippen LogP contribution in [0.3, 0.4) is 0 Å². The molecule has 0 radical (unpaired) electrons. The molecule has 1 aliphatic carbocycles. The van der Waals surface area contributed by atoms with Crippen molar-refractivity contribution in [1.29, 1.82) is 0 Å². The molecule has 0 aromatic heterocycles. The van der Waals surface area contributed by atoms with Gasteiger partial charge in [-0.15, -0.1) is 0 Å². The topological polar surface area (TPSA) is 37.4 Å². The van der Waals surface area contributed by atoms with E-state index in [9.17, 15) is 9.59 Å². The van der Waals surface area contributed by atoms with Gasteiger partial charge in [0.1, 0.15) is 0 Å². The van der Waals surface area contributed by atoms with Gasteiger partial charge < -0.3 is 4.90 Å². The van der Waals surface area contributed by atoms with Crippen molar-refractivity contribution < 1.29 is 9.59 Å². The molecule has 51 heavy (non-hydrogen) atoms. The van der Waals surface area contributed by atoms with Gasteiger partial charge in [0.25, 0.3) is 0 Å². The summed E-state index contributed by atoms with van der Waals surface area (Å²) >= 11 is 0. The van der Waals surface area contributed by atoms with Gasteiger partial charge in [0.2, 0.25) is 0 Å². The van der Waals surface area contributed by atoms with Crippen LogP contribution in [0.25, 0.3) is 49.5 Å². The molecular weight excluding hydrogens is 623 g/mol. The molecule has 0 heterocycles. The first-order valence-corrected chi connectivity index (χ1v) is 17.2. The highest BCUT2D eigenvalue weighted by molar-refractivity contribution is 6.41. The summed E-state index contributed by atoms with van der Waals surface area (Å²) in [5.74, 6) is -0.423. The largest absolute Gasteiger partial charge is 0.310 e. The molecule has 0 aliphatic heterocycles. The number of fused-ring (bicyclic) bond motifs is 4. The van der Waals surface area contributed by atoms with Crippen LogP contribution < -0.4 is 4.90 Å². The number of rotatable bonds is 5. The lowest BCUT2D eigenvalue weighted by Crippen LogP contribution is -2.10. The lowest BCUT2D eigenvalue weighted by Gasteiger charge is -2.27. The summed E-state index contributed by atoms with van der Waals surface area (Å²) in [7, 11) is 0. The van der Waals surface area contributed by atoms with Crippen LogP contribution >= 0.6 is 0 Å². The van der Waals surface area contributed by atoms with Crippen molar-refractivity contribution in [3.63, 3.8) is 0 Å². The highest BCUT2D eigenvalue weighted by atomic mass is 16.2. The Morgan fingerprint density at radius 1 is 0.412 bits per heavy atom. The summed E-state index contributed by atoms with van der Waals surface area (Å²) in [6, 6.07) is 54.8. The molecule has 0 saturated heterocycles. The molecule has 1 aliphatic rings. The van der Waals surface area contributed by atoms with Gasteiger partial charge in [-0.25, -0.2) is 0 Å². The highest BCUT2D eigenvalue weighted by Crippen LogP contribution is 2.40. The summed E-state index contributed by atoms with van der Waals surface area (Å²) in [6.45, 7) is 4.06. The Bertz CT molecular complexity index is 2690. The molecule has 0 spiro atoms. The quantitative estimate of drug-likeness (QED) is 0.137. The van der Waals surface area contributed by atoms with E-state index < -0.39 is 0 Å². The normalized spacial score (nSPS) is 13.4. The number of aryl methyl sites for hydroxylation is 2. The summed E-state index contributed by atoms with van der Waals surface area (Å²) in [5, 5.41) is 7.03. The van der Waals surface area contributed by atoms with Crippen LogP contribution in [0.15, 0.2) is 163 Å². The monoisotopic (exact) mass is 655 g/mol. The number of carbonyl (C=O) groups excluding carboxylic acids is 2. The van der Waals surface area contributed by atoms with E-state index in [-0.39, 0.29) is 17.1 Å². The first-order valence-electron chi connectivity index (χ1n) is 17.2. The Labute approximate surface area is 296 Å². The number of ketones is 2. The highest BCUT2D eigenvalue weighted by Gasteiger charge is 2.33. The summed E-state index contributed by atoms with van der Waals surface area (Å²) in [6.07, 6.45) is 1.77. The Kier molecular flexibility index (Phi) is 7.22. The van der Waals surface area contributed by atoms with Crippen molar-refractivity contribution in [2.45, 2.75) is 13.8 Å². The van der Waals surface area contributed by atoms with Gasteiger partial charge >= 0.3 is 0 Å². The third-order valence-corrected chi connectivity index (χ3v) is 10.1. The van der Waals surface area contributed by atoms with Crippen molar-refractivity contribution in [2.24, 2.45) is 0 Å². The van der Waals surface area contributed by atoms with Crippen molar-refractivity contribution in [3.05, 3.63) is 191 Å². The van der Waals surface area contributed by atoms with Gasteiger partial charge in [0.15, 0.2) is 11.6 Å². The van der Waals surface area contributed by atoms with Crippen LogP contribution in [-0.2, 0) is 0 Å². The fraction of sp³-hybridized carbons (Fsp3) is 0.0417.